The van der Waals surface area contributed by atoms with Crippen molar-refractivity contribution < 1.29 is 27.5 Å². The topological polar surface area (TPSA) is 72.7 Å². The quantitative estimate of drug-likeness (QED) is 0.659. The first kappa shape index (κ1) is 19.7. The molecule has 1 amide bonds. The Balaban J connectivity index is 1.83. The second kappa shape index (κ2) is 7.51. The number of carbonyl (C=O) groups excluding carboxylic acids is 2. The number of halogens is 4. The third-order valence-electron chi connectivity index (χ3n) is 3.83. The van der Waals surface area contributed by atoms with Crippen molar-refractivity contribution in [2.75, 3.05) is 12.4 Å². The molecule has 1 aromatic carbocycles. The monoisotopic (exact) mass is 411 g/mol. The minimum absolute atomic E-state index is 0.104. The third kappa shape index (κ3) is 4.09. The van der Waals surface area contributed by atoms with Gasteiger partial charge in [0.05, 0.1) is 41.1 Å². The summed E-state index contributed by atoms with van der Waals surface area (Å²) < 4.78 is 44.5. The van der Waals surface area contributed by atoms with Gasteiger partial charge in [-0.15, -0.1) is 0 Å². The zero-order valence-corrected chi connectivity index (χ0v) is 15.1. The van der Waals surface area contributed by atoms with Gasteiger partial charge in [0.1, 0.15) is 0 Å². The molecule has 2 heterocycles. The molecule has 1 N–H and O–H groups in total. The summed E-state index contributed by atoms with van der Waals surface area (Å²) in [5, 5.41) is 2.38. The van der Waals surface area contributed by atoms with E-state index in [-0.39, 0.29) is 34.0 Å². The molecule has 0 unspecified atom stereocenters. The van der Waals surface area contributed by atoms with Gasteiger partial charge >= 0.3 is 12.1 Å². The Morgan fingerprint density at radius 3 is 2.64 bits per heavy atom. The number of ether oxygens (including phenoxy) is 1. The molecular formula is C18H13ClF3N3O3. The molecule has 0 bridgehead atoms. The molecule has 0 aliphatic heterocycles. The zero-order chi connectivity index (χ0) is 20.5. The Kier molecular flexibility index (Phi) is 5.28. The van der Waals surface area contributed by atoms with Gasteiger partial charge < -0.3 is 14.5 Å². The number of carbonyl (C=O) groups is 2. The van der Waals surface area contributed by atoms with Gasteiger partial charge in [0.25, 0.3) is 0 Å². The predicted molar refractivity (Wildman–Crippen MR) is 95.3 cm³/mol. The summed E-state index contributed by atoms with van der Waals surface area (Å²) in [7, 11) is 1.22. The van der Waals surface area contributed by atoms with E-state index in [2.05, 4.69) is 15.0 Å². The number of para-hydroxylation sites is 1. The van der Waals surface area contributed by atoms with E-state index >= 15 is 0 Å². The summed E-state index contributed by atoms with van der Waals surface area (Å²) in [5.74, 6) is -1.12. The van der Waals surface area contributed by atoms with Gasteiger partial charge in [0, 0.05) is 12.4 Å². The average molecular weight is 412 g/mol. The highest BCUT2D eigenvalue weighted by Crippen LogP contribution is 2.32. The maximum absolute atomic E-state index is 12.9. The van der Waals surface area contributed by atoms with E-state index in [4.69, 9.17) is 11.6 Å². The second-order valence-corrected chi connectivity index (χ2v) is 6.21. The molecule has 28 heavy (non-hydrogen) atoms. The smallest absolute Gasteiger partial charge is 0.417 e. The number of methoxy groups -OCH3 is 1. The molecule has 6 nitrogen and oxygen atoms in total. The number of benzene rings is 1. The minimum Gasteiger partial charge on any atom is -0.465 e. The Morgan fingerprint density at radius 2 is 1.96 bits per heavy atom. The van der Waals surface area contributed by atoms with Crippen LogP contribution in [0.3, 0.4) is 0 Å². The first-order chi connectivity index (χ1) is 13.2. The molecule has 0 saturated heterocycles. The van der Waals surface area contributed by atoms with Gasteiger partial charge in [-0.2, -0.15) is 13.2 Å². The molecule has 3 aromatic rings. The molecule has 0 fully saturated rings. The fourth-order valence-corrected chi connectivity index (χ4v) is 2.84. The molecule has 0 aliphatic carbocycles. The van der Waals surface area contributed by atoms with E-state index < -0.39 is 23.6 Å². The highest BCUT2D eigenvalue weighted by molar-refractivity contribution is 6.33. The number of pyridine rings is 1. The van der Waals surface area contributed by atoms with Gasteiger partial charge in [0.15, 0.2) is 5.65 Å². The molecule has 0 radical (unpaired) electrons. The fourth-order valence-electron chi connectivity index (χ4n) is 2.59. The summed E-state index contributed by atoms with van der Waals surface area (Å²) >= 11 is 5.88. The molecule has 146 valence electrons. The Bertz CT molecular complexity index is 1060. The summed E-state index contributed by atoms with van der Waals surface area (Å²) in [4.78, 5) is 28.2. The van der Waals surface area contributed by atoms with Gasteiger partial charge in [-0.25, -0.2) is 9.78 Å². The molecule has 10 heteroatoms. The van der Waals surface area contributed by atoms with Crippen LogP contribution in [-0.4, -0.2) is 28.4 Å². The molecule has 0 saturated carbocycles. The maximum Gasteiger partial charge on any atom is 0.417 e. The summed E-state index contributed by atoms with van der Waals surface area (Å²) in [6.45, 7) is 0. The van der Waals surface area contributed by atoms with Crippen molar-refractivity contribution in [1.82, 2.24) is 9.38 Å². The number of fused-ring (bicyclic) bond motifs is 1. The Labute approximate surface area is 161 Å². The third-order valence-corrected chi connectivity index (χ3v) is 4.11. The zero-order valence-electron chi connectivity index (χ0n) is 14.4. The number of aromatic nitrogens is 2. The lowest BCUT2D eigenvalue weighted by Crippen LogP contribution is -2.17. The van der Waals surface area contributed by atoms with Crippen molar-refractivity contribution in [3.63, 3.8) is 0 Å². The number of imidazole rings is 1. The van der Waals surface area contributed by atoms with Crippen molar-refractivity contribution in [1.29, 1.82) is 0 Å². The molecule has 3 rings (SSSR count). The van der Waals surface area contributed by atoms with E-state index in [9.17, 15) is 22.8 Å². The van der Waals surface area contributed by atoms with Crippen LogP contribution >= 0.6 is 11.6 Å². The van der Waals surface area contributed by atoms with Crippen molar-refractivity contribution in [3.05, 3.63) is 64.6 Å². The fraction of sp³-hybridized carbons (Fsp3) is 0.167. The molecular weight excluding hydrogens is 399 g/mol. The number of esters is 1. The van der Waals surface area contributed by atoms with Crippen LogP contribution in [-0.2, 0) is 22.1 Å². The largest absolute Gasteiger partial charge is 0.465 e. The SMILES string of the molecule is COC(=O)c1ccccc1NC(=O)Cc1cn2cc(C(F)(F)F)cc(Cl)c2n1. The average Bonchev–Trinajstić information content (AvgIpc) is 3.03. The number of anilines is 1. The lowest BCUT2D eigenvalue weighted by atomic mass is 10.1. The highest BCUT2D eigenvalue weighted by atomic mass is 35.5. The second-order valence-electron chi connectivity index (χ2n) is 5.80. The number of alkyl halides is 3. The molecule has 2 aromatic heterocycles. The Hall–Kier alpha value is -3.07. The standard InChI is InChI=1S/C18H13ClF3N3O3/c1-28-17(27)12-4-2-3-5-14(12)24-15(26)7-11-9-25-8-10(18(20,21)22)6-13(19)16(25)23-11/h2-6,8-9H,7H2,1H3,(H,24,26). The van der Waals surface area contributed by atoms with E-state index in [0.29, 0.717) is 0 Å². The van der Waals surface area contributed by atoms with Crippen LogP contribution < -0.4 is 5.32 Å². The molecule has 0 spiro atoms. The number of hydrogen-bond donors (Lipinski definition) is 1. The van der Waals surface area contributed by atoms with Crippen molar-refractivity contribution in [3.8, 4) is 0 Å². The first-order valence-electron chi connectivity index (χ1n) is 7.90. The number of amides is 1. The number of nitrogens with zero attached hydrogens (tertiary/aromatic N) is 2. The van der Waals surface area contributed by atoms with Crippen LogP contribution in [0.15, 0.2) is 42.7 Å². The van der Waals surface area contributed by atoms with Crippen LogP contribution in [0.5, 0.6) is 0 Å². The number of rotatable bonds is 4. The normalized spacial score (nSPS) is 11.5. The van der Waals surface area contributed by atoms with Crippen molar-refractivity contribution in [2.45, 2.75) is 12.6 Å². The van der Waals surface area contributed by atoms with Crippen LogP contribution in [0, 0.1) is 0 Å². The molecule has 0 atom stereocenters. The number of hydrogen-bond acceptors (Lipinski definition) is 4. The van der Waals surface area contributed by atoms with Crippen molar-refractivity contribution >= 4 is 34.8 Å². The predicted octanol–water partition coefficient (Wildman–Crippen LogP) is 3.97. The Morgan fingerprint density at radius 1 is 1.25 bits per heavy atom. The van der Waals surface area contributed by atoms with Crippen LogP contribution in [0.2, 0.25) is 5.02 Å². The summed E-state index contributed by atoms with van der Waals surface area (Å²) in [6.07, 6.45) is -2.64. The number of nitrogens with one attached hydrogen (secondary N) is 1. The van der Waals surface area contributed by atoms with Gasteiger partial charge in [0.2, 0.25) is 5.91 Å². The van der Waals surface area contributed by atoms with Crippen LogP contribution in [0.25, 0.3) is 5.65 Å². The van der Waals surface area contributed by atoms with E-state index in [1.165, 1.54) is 25.4 Å². The van der Waals surface area contributed by atoms with E-state index in [1.54, 1.807) is 12.1 Å². The van der Waals surface area contributed by atoms with Gasteiger partial charge in [-0.05, 0) is 18.2 Å². The van der Waals surface area contributed by atoms with Crippen molar-refractivity contribution in [2.24, 2.45) is 0 Å². The molecule has 0 aliphatic rings. The minimum atomic E-state index is -4.56. The van der Waals surface area contributed by atoms with Gasteiger partial charge in [-0.3, -0.25) is 4.79 Å². The van der Waals surface area contributed by atoms with E-state index in [0.717, 1.165) is 16.7 Å². The van der Waals surface area contributed by atoms with Gasteiger partial charge in [-0.1, -0.05) is 23.7 Å². The van der Waals surface area contributed by atoms with Crippen LogP contribution in [0.1, 0.15) is 21.6 Å². The van der Waals surface area contributed by atoms with Crippen LogP contribution in [0.4, 0.5) is 18.9 Å². The summed E-state index contributed by atoms with van der Waals surface area (Å²) in [5.41, 5.74) is -0.182. The highest BCUT2D eigenvalue weighted by Gasteiger charge is 2.32. The van der Waals surface area contributed by atoms with E-state index in [1.807, 2.05) is 0 Å². The lowest BCUT2D eigenvalue weighted by Gasteiger charge is -2.08. The first-order valence-corrected chi connectivity index (χ1v) is 8.28. The maximum atomic E-state index is 12.9. The lowest BCUT2D eigenvalue weighted by molar-refractivity contribution is -0.137. The summed E-state index contributed by atoms with van der Waals surface area (Å²) in [6, 6.07) is 7.04.